The quantitative estimate of drug-likeness (QED) is 0.485. The van der Waals surface area contributed by atoms with Crippen molar-refractivity contribution in [2.45, 2.75) is 29.9 Å². The molecule has 1 aliphatic carbocycles. The zero-order valence-electron chi connectivity index (χ0n) is 12.4. The maximum Gasteiger partial charge on any atom is 0.325 e. The summed E-state index contributed by atoms with van der Waals surface area (Å²) in [5.41, 5.74) is 10.1. The first-order chi connectivity index (χ1) is 10.3. The highest BCUT2D eigenvalue weighted by Crippen LogP contribution is 2.36. The van der Waals surface area contributed by atoms with Crippen LogP contribution in [0, 0.1) is 6.92 Å². The Morgan fingerprint density at radius 3 is 2.55 bits per heavy atom. The lowest BCUT2D eigenvalue weighted by molar-refractivity contribution is -0.117. The maximum atomic E-state index is 13.1. The zero-order chi connectivity index (χ0) is 16.4. The Balaban J connectivity index is 2.70. The Kier molecular flexibility index (Phi) is 4.26. The number of aryl methyl sites for hydroxylation is 1. The molecular weight excluding hydrogens is 300 g/mol. The van der Waals surface area contributed by atoms with E-state index in [1.807, 2.05) is 6.92 Å². The first-order valence-corrected chi connectivity index (χ1v) is 8.21. The number of carbonyl (C=O) groups is 1. The topological polar surface area (TPSA) is 87.6 Å². The first-order valence-electron chi connectivity index (χ1n) is 6.73. The number of carbonyl (C=O) groups excluding carboxylic acids is 1. The average Bonchev–Trinajstić information content (AvgIpc) is 2.48. The minimum absolute atomic E-state index is 0.0108. The smallest absolute Gasteiger partial charge is 0.325 e. The second-order valence-electron chi connectivity index (χ2n) is 5.25. The molecule has 0 heterocycles. The molecular formula is C16H16N2O3S. The number of benzene rings is 1. The van der Waals surface area contributed by atoms with Crippen molar-refractivity contribution in [1.29, 1.82) is 0 Å². The van der Waals surface area contributed by atoms with Crippen LogP contribution < -0.4 is 0 Å². The molecule has 0 aromatic heterocycles. The van der Waals surface area contributed by atoms with Crippen molar-refractivity contribution in [3.05, 3.63) is 59.2 Å². The van der Waals surface area contributed by atoms with Crippen LogP contribution in [0.15, 0.2) is 53.0 Å². The lowest BCUT2D eigenvalue weighted by Crippen LogP contribution is -2.46. The molecule has 0 N–H and O–H groups in total. The summed E-state index contributed by atoms with van der Waals surface area (Å²) in [7, 11) is -3.98. The number of sulfone groups is 1. The summed E-state index contributed by atoms with van der Waals surface area (Å²) >= 11 is 0. The Morgan fingerprint density at radius 1 is 1.32 bits per heavy atom. The summed E-state index contributed by atoms with van der Waals surface area (Å²) in [5.74, 6) is -0.766. The lowest BCUT2D eigenvalue weighted by Gasteiger charge is -2.28. The van der Waals surface area contributed by atoms with Crippen molar-refractivity contribution in [1.82, 2.24) is 0 Å². The van der Waals surface area contributed by atoms with Crippen LogP contribution in [-0.2, 0) is 14.6 Å². The number of rotatable bonds is 4. The number of ketones is 1. The van der Waals surface area contributed by atoms with Gasteiger partial charge in [0.25, 0.3) is 5.78 Å². The van der Waals surface area contributed by atoms with Crippen LogP contribution in [0.1, 0.15) is 18.9 Å². The monoisotopic (exact) mass is 316 g/mol. The fourth-order valence-corrected chi connectivity index (χ4v) is 4.45. The van der Waals surface area contributed by atoms with Crippen LogP contribution in [0.5, 0.6) is 0 Å². The molecule has 0 aliphatic heterocycles. The van der Waals surface area contributed by atoms with Gasteiger partial charge in [0.1, 0.15) is 0 Å². The Hall–Kier alpha value is -2.30. The Bertz CT molecular complexity index is 831. The summed E-state index contributed by atoms with van der Waals surface area (Å²) in [6.45, 7) is 3.50. The van der Waals surface area contributed by atoms with Crippen LogP contribution in [0.4, 0.5) is 0 Å². The number of hydrogen-bond donors (Lipinski definition) is 0. The number of nitrogens with zero attached hydrogens (tertiary/aromatic N) is 2. The lowest BCUT2D eigenvalue weighted by atomic mass is 9.93. The van der Waals surface area contributed by atoms with Crippen molar-refractivity contribution in [2.24, 2.45) is 0 Å². The average molecular weight is 316 g/mol. The molecule has 22 heavy (non-hydrogen) atoms. The molecule has 1 atom stereocenters. The summed E-state index contributed by atoms with van der Waals surface area (Å²) in [4.78, 5) is 15.2. The van der Waals surface area contributed by atoms with Crippen LogP contribution in [0.2, 0.25) is 0 Å². The second kappa shape index (κ2) is 5.83. The normalized spacial score (nSPS) is 20.9. The van der Waals surface area contributed by atoms with E-state index in [1.165, 1.54) is 12.1 Å². The van der Waals surface area contributed by atoms with Crippen molar-refractivity contribution < 1.29 is 18.0 Å². The minimum Gasteiger partial charge on any atom is -0.361 e. The molecule has 0 saturated heterocycles. The predicted octanol–water partition coefficient (Wildman–Crippen LogP) is 2.28. The van der Waals surface area contributed by atoms with Gasteiger partial charge in [-0.05, 0) is 31.9 Å². The molecule has 1 unspecified atom stereocenters. The molecule has 0 saturated carbocycles. The molecule has 114 valence electrons. The Labute approximate surface area is 129 Å². The summed E-state index contributed by atoms with van der Waals surface area (Å²) < 4.78 is 24.4. The molecule has 0 spiro atoms. The van der Waals surface area contributed by atoms with E-state index in [2.05, 4.69) is 4.79 Å². The summed E-state index contributed by atoms with van der Waals surface area (Å²) in [6, 6.07) is 6.51. The van der Waals surface area contributed by atoms with Crippen molar-refractivity contribution in [3.63, 3.8) is 0 Å². The van der Waals surface area contributed by atoms with Crippen LogP contribution in [0.3, 0.4) is 0 Å². The van der Waals surface area contributed by atoms with E-state index in [1.54, 1.807) is 37.3 Å². The van der Waals surface area contributed by atoms with E-state index >= 15 is 0 Å². The van der Waals surface area contributed by atoms with E-state index in [0.29, 0.717) is 11.8 Å². The van der Waals surface area contributed by atoms with E-state index in [0.717, 1.165) is 5.57 Å². The second-order valence-corrected chi connectivity index (χ2v) is 7.43. The third-order valence-corrected chi connectivity index (χ3v) is 6.30. The van der Waals surface area contributed by atoms with E-state index in [9.17, 15) is 13.2 Å². The number of allylic oxidation sites excluding steroid dienone is 3. The molecule has 1 aliphatic rings. The van der Waals surface area contributed by atoms with Crippen molar-refractivity contribution in [2.75, 3.05) is 0 Å². The molecule has 0 amide bonds. The van der Waals surface area contributed by atoms with Crippen LogP contribution in [-0.4, -0.2) is 30.0 Å². The maximum absolute atomic E-state index is 13.1. The van der Waals surface area contributed by atoms with Gasteiger partial charge in [-0.3, -0.25) is 4.79 Å². The summed E-state index contributed by atoms with van der Waals surface area (Å²) in [5, 5.41) is 0. The molecule has 6 heteroatoms. The number of Topliss-reactive ketones (excluding diaryl/α,β-unsaturated/α-hetero) is 1. The zero-order valence-corrected chi connectivity index (χ0v) is 13.2. The van der Waals surface area contributed by atoms with E-state index in [-0.39, 0.29) is 11.3 Å². The third-order valence-electron chi connectivity index (χ3n) is 3.80. The van der Waals surface area contributed by atoms with E-state index < -0.39 is 20.4 Å². The standard InChI is InChI=1S/C16H16N2O3S/c1-12-7-9-16(10-8-12,15(19)11-18-17)22(20,21)14-6-4-3-5-13(14)2/h3-9,11H,10H2,1-2H3. The molecule has 5 nitrogen and oxygen atoms in total. The SMILES string of the molecule is CC1=CCC(C(=O)C=[N+]=[N-])(S(=O)(=O)c2ccccc2C)C=C1. The van der Waals surface area contributed by atoms with Crippen molar-refractivity contribution in [3.8, 4) is 0 Å². The van der Waals surface area contributed by atoms with Crippen molar-refractivity contribution >= 4 is 21.8 Å². The van der Waals surface area contributed by atoms with Gasteiger partial charge >= 0.3 is 6.21 Å². The fraction of sp³-hybridized carbons (Fsp3) is 0.250. The van der Waals surface area contributed by atoms with Gasteiger partial charge in [-0.15, -0.1) is 0 Å². The van der Waals surface area contributed by atoms with Gasteiger partial charge in [0.05, 0.1) is 4.90 Å². The van der Waals surface area contributed by atoms with Gasteiger partial charge < -0.3 is 5.53 Å². The predicted molar refractivity (Wildman–Crippen MR) is 83.3 cm³/mol. The van der Waals surface area contributed by atoms with Gasteiger partial charge in [-0.25, -0.2) is 8.42 Å². The molecule has 0 bridgehead atoms. The Morgan fingerprint density at radius 2 is 2.00 bits per heavy atom. The third kappa shape index (κ3) is 2.47. The molecule has 0 radical (unpaired) electrons. The molecule has 1 aromatic carbocycles. The fourth-order valence-electron chi connectivity index (χ4n) is 2.45. The summed E-state index contributed by atoms with van der Waals surface area (Å²) in [6.07, 6.45) is 5.33. The van der Waals surface area contributed by atoms with Gasteiger partial charge in [0, 0.05) is 0 Å². The van der Waals surface area contributed by atoms with E-state index in [4.69, 9.17) is 5.53 Å². The minimum atomic E-state index is -3.98. The van der Waals surface area contributed by atoms with Crippen LogP contribution >= 0.6 is 0 Å². The molecule has 2 rings (SSSR count). The molecule has 0 fully saturated rings. The van der Waals surface area contributed by atoms with Gasteiger partial charge in [-0.2, -0.15) is 4.79 Å². The molecule has 1 aromatic rings. The van der Waals surface area contributed by atoms with Gasteiger partial charge in [-0.1, -0.05) is 42.0 Å². The highest BCUT2D eigenvalue weighted by molar-refractivity contribution is 7.94. The highest BCUT2D eigenvalue weighted by Gasteiger charge is 2.50. The van der Waals surface area contributed by atoms with Gasteiger partial charge in [0.15, 0.2) is 14.6 Å². The largest absolute Gasteiger partial charge is 0.361 e. The van der Waals surface area contributed by atoms with Gasteiger partial charge in [0.2, 0.25) is 0 Å². The highest BCUT2D eigenvalue weighted by atomic mass is 32.2. The van der Waals surface area contributed by atoms with Crippen LogP contribution in [0.25, 0.3) is 5.53 Å². The first kappa shape index (κ1) is 16.1. The number of hydrogen-bond acceptors (Lipinski definition) is 3.